The molecule has 21 heavy (non-hydrogen) atoms. The van der Waals surface area contributed by atoms with Gasteiger partial charge in [0.1, 0.15) is 12.7 Å². The van der Waals surface area contributed by atoms with Crippen LogP contribution in [0.25, 0.3) is 0 Å². The van der Waals surface area contributed by atoms with Crippen molar-refractivity contribution in [1.29, 1.82) is 0 Å². The molecule has 1 unspecified atom stereocenters. The molecule has 0 fully saturated rings. The lowest BCUT2D eigenvalue weighted by Crippen LogP contribution is -2.33. The highest BCUT2D eigenvalue weighted by atomic mass is 79.9. The summed E-state index contributed by atoms with van der Waals surface area (Å²) in [6.07, 6.45) is -0.760. The topological polar surface area (TPSA) is 93.9 Å². The third-order valence-electron chi connectivity index (χ3n) is 2.70. The van der Waals surface area contributed by atoms with Gasteiger partial charge in [-0.25, -0.2) is 0 Å². The van der Waals surface area contributed by atoms with E-state index in [9.17, 15) is 15.2 Å². The van der Waals surface area contributed by atoms with Crippen LogP contribution in [-0.4, -0.2) is 49.5 Å². The number of aryl methyl sites for hydroxylation is 1. The summed E-state index contributed by atoms with van der Waals surface area (Å²) < 4.78 is 10.9. The van der Waals surface area contributed by atoms with Gasteiger partial charge in [0.2, 0.25) is 0 Å². The van der Waals surface area contributed by atoms with Gasteiger partial charge >= 0.3 is 5.69 Å². The average molecular weight is 363 g/mol. The molecule has 0 heterocycles. The molecular weight excluding hydrogens is 344 g/mol. The first-order chi connectivity index (χ1) is 9.95. The maximum absolute atomic E-state index is 11.0. The van der Waals surface area contributed by atoms with Crippen molar-refractivity contribution in [2.45, 2.75) is 13.0 Å². The van der Waals surface area contributed by atoms with Gasteiger partial charge in [0.15, 0.2) is 5.75 Å². The van der Waals surface area contributed by atoms with E-state index in [1.807, 2.05) is 0 Å². The first kappa shape index (κ1) is 17.8. The average Bonchev–Trinajstić information content (AvgIpc) is 2.41. The first-order valence-corrected chi connectivity index (χ1v) is 7.20. The van der Waals surface area contributed by atoms with Crippen molar-refractivity contribution in [2.24, 2.45) is 0 Å². The molecule has 7 nitrogen and oxygen atoms in total. The Kier molecular flexibility index (Phi) is 7.58. The number of halogens is 1. The number of aliphatic hydroxyl groups is 1. The van der Waals surface area contributed by atoms with Crippen molar-refractivity contribution in [3.8, 4) is 5.75 Å². The van der Waals surface area contributed by atoms with Crippen molar-refractivity contribution < 1.29 is 19.5 Å². The number of nitro benzene ring substituents is 1. The van der Waals surface area contributed by atoms with E-state index in [1.165, 1.54) is 6.07 Å². The highest BCUT2D eigenvalue weighted by Crippen LogP contribution is 2.34. The van der Waals surface area contributed by atoms with Gasteiger partial charge in [-0.15, -0.1) is 0 Å². The van der Waals surface area contributed by atoms with Gasteiger partial charge in [0.05, 0.1) is 11.5 Å². The molecule has 0 saturated carbocycles. The number of benzene rings is 1. The van der Waals surface area contributed by atoms with E-state index < -0.39 is 11.0 Å². The van der Waals surface area contributed by atoms with Gasteiger partial charge in [-0.3, -0.25) is 10.1 Å². The van der Waals surface area contributed by atoms with E-state index in [1.54, 1.807) is 20.1 Å². The van der Waals surface area contributed by atoms with E-state index in [0.29, 0.717) is 29.7 Å². The van der Waals surface area contributed by atoms with E-state index in [4.69, 9.17) is 9.47 Å². The number of nitro groups is 1. The third-order valence-corrected chi connectivity index (χ3v) is 3.16. The highest BCUT2D eigenvalue weighted by molar-refractivity contribution is 9.10. The Balaban J connectivity index is 2.60. The van der Waals surface area contributed by atoms with Gasteiger partial charge in [0, 0.05) is 30.7 Å². The van der Waals surface area contributed by atoms with Gasteiger partial charge < -0.3 is 19.9 Å². The van der Waals surface area contributed by atoms with Crippen molar-refractivity contribution in [3.63, 3.8) is 0 Å². The van der Waals surface area contributed by atoms with Crippen LogP contribution >= 0.6 is 15.9 Å². The van der Waals surface area contributed by atoms with Gasteiger partial charge in [0.25, 0.3) is 0 Å². The Hall–Kier alpha value is -1.22. The van der Waals surface area contributed by atoms with E-state index >= 15 is 0 Å². The molecule has 2 N–H and O–H groups in total. The Labute approximate surface area is 131 Å². The molecule has 0 radical (unpaired) electrons. The van der Waals surface area contributed by atoms with Crippen LogP contribution < -0.4 is 10.1 Å². The Morgan fingerprint density at radius 2 is 2.24 bits per heavy atom. The molecule has 0 aliphatic carbocycles. The summed E-state index contributed by atoms with van der Waals surface area (Å²) in [7, 11) is 1.59. The SMILES string of the molecule is COCCNCC(O)COc1c(C)cc(Br)cc1[N+](=O)[O-]. The summed E-state index contributed by atoms with van der Waals surface area (Å²) in [4.78, 5) is 10.5. The zero-order valence-electron chi connectivity index (χ0n) is 12.0. The second kappa shape index (κ2) is 8.93. The summed E-state index contributed by atoms with van der Waals surface area (Å²) in [6.45, 7) is 3.18. The smallest absolute Gasteiger partial charge is 0.312 e. The summed E-state index contributed by atoms with van der Waals surface area (Å²) >= 11 is 3.21. The zero-order chi connectivity index (χ0) is 15.8. The minimum atomic E-state index is -0.760. The number of methoxy groups -OCH3 is 1. The summed E-state index contributed by atoms with van der Waals surface area (Å²) in [5, 5.41) is 23.8. The molecule has 0 aliphatic rings. The van der Waals surface area contributed by atoms with Crippen molar-refractivity contribution in [1.82, 2.24) is 5.32 Å². The molecular formula is C13H19BrN2O5. The third kappa shape index (κ3) is 5.96. The van der Waals surface area contributed by atoms with Crippen LogP contribution in [0.15, 0.2) is 16.6 Å². The molecule has 0 bridgehead atoms. The molecule has 0 saturated heterocycles. The van der Waals surface area contributed by atoms with Crippen molar-refractivity contribution in [3.05, 3.63) is 32.3 Å². The van der Waals surface area contributed by atoms with Crippen LogP contribution in [0.5, 0.6) is 5.75 Å². The molecule has 1 atom stereocenters. The Morgan fingerprint density at radius 1 is 1.52 bits per heavy atom. The largest absolute Gasteiger partial charge is 0.484 e. The molecule has 118 valence electrons. The fraction of sp³-hybridized carbons (Fsp3) is 0.538. The predicted octanol–water partition coefficient (Wildman–Crippen LogP) is 1.64. The van der Waals surface area contributed by atoms with Crippen LogP contribution in [-0.2, 0) is 4.74 Å². The molecule has 1 aromatic carbocycles. The second-order valence-electron chi connectivity index (χ2n) is 4.49. The number of rotatable bonds is 9. The molecule has 0 amide bonds. The quantitative estimate of drug-likeness (QED) is 0.394. The molecule has 1 rings (SSSR count). The van der Waals surface area contributed by atoms with Gasteiger partial charge in [-0.1, -0.05) is 15.9 Å². The molecule has 0 aromatic heterocycles. The lowest BCUT2D eigenvalue weighted by molar-refractivity contribution is -0.386. The first-order valence-electron chi connectivity index (χ1n) is 6.40. The normalized spacial score (nSPS) is 12.2. The van der Waals surface area contributed by atoms with E-state index in [0.717, 1.165) is 0 Å². The number of aliphatic hydroxyl groups excluding tert-OH is 1. The van der Waals surface area contributed by atoms with Crippen molar-refractivity contribution >= 4 is 21.6 Å². The van der Waals surface area contributed by atoms with Crippen LogP contribution in [0.3, 0.4) is 0 Å². The monoisotopic (exact) mass is 362 g/mol. The van der Waals surface area contributed by atoms with Crippen LogP contribution in [0.4, 0.5) is 5.69 Å². The molecule has 0 aliphatic heterocycles. The van der Waals surface area contributed by atoms with Crippen LogP contribution in [0.2, 0.25) is 0 Å². The van der Waals surface area contributed by atoms with Crippen molar-refractivity contribution in [2.75, 3.05) is 33.4 Å². The fourth-order valence-electron chi connectivity index (χ4n) is 1.72. The van der Waals surface area contributed by atoms with Crippen LogP contribution in [0, 0.1) is 17.0 Å². The lowest BCUT2D eigenvalue weighted by Gasteiger charge is -2.14. The Morgan fingerprint density at radius 3 is 2.86 bits per heavy atom. The van der Waals surface area contributed by atoms with Gasteiger partial charge in [-0.05, 0) is 18.6 Å². The zero-order valence-corrected chi connectivity index (χ0v) is 13.6. The molecule has 0 spiro atoms. The Bertz CT molecular complexity index is 484. The number of hydrogen-bond acceptors (Lipinski definition) is 6. The number of ether oxygens (including phenoxy) is 2. The predicted molar refractivity (Wildman–Crippen MR) is 81.8 cm³/mol. The van der Waals surface area contributed by atoms with Crippen LogP contribution in [0.1, 0.15) is 5.56 Å². The molecule has 1 aromatic rings. The van der Waals surface area contributed by atoms with E-state index in [2.05, 4.69) is 21.2 Å². The maximum atomic E-state index is 11.0. The number of hydrogen-bond donors (Lipinski definition) is 2. The van der Waals surface area contributed by atoms with Gasteiger partial charge in [-0.2, -0.15) is 0 Å². The standard InChI is InChI=1S/C13H19BrN2O5/c1-9-5-10(14)6-12(16(18)19)13(9)21-8-11(17)7-15-3-4-20-2/h5-6,11,15,17H,3-4,7-8H2,1-2H3. The summed E-state index contributed by atoms with van der Waals surface area (Å²) in [5.41, 5.74) is 0.511. The minimum absolute atomic E-state index is 0.0245. The minimum Gasteiger partial charge on any atom is -0.484 e. The number of nitrogens with one attached hydrogen (secondary N) is 1. The summed E-state index contributed by atoms with van der Waals surface area (Å²) in [6, 6.07) is 3.11. The lowest BCUT2D eigenvalue weighted by atomic mass is 10.2. The second-order valence-corrected chi connectivity index (χ2v) is 5.41. The fourth-order valence-corrected chi connectivity index (χ4v) is 2.28. The number of nitrogens with zero attached hydrogens (tertiary/aromatic N) is 1. The summed E-state index contributed by atoms with van der Waals surface area (Å²) in [5.74, 6) is 0.180. The maximum Gasteiger partial charge on any atom is 0.312 e. The highest BCUT2D eigenvalue weighted by Gasteiger charge is 2.19. The van der Waals surface area contributed by atoms with E-state index in [-0.39, 0.29) is 18.0 Å². The molecule has 8 heteroatoms.